The topological polar surface area (TPSA) is 92.4 Å². The van der Waals surface area contributed by atoms with E-state index in [1.165, 1.54) is 6.42 Å². The molecule has 0 aliphatic rings. The average molecular weight is 355 g/mol. The standard InChI is InChI=1S/C18H27ClN2O3/c19-11-6-4-2-1-3-5-10-17(22)21-15-9-7-8-14(12-15)13-16(20)18(23)24/h7-9,12,16H,1-6,10-11,13,20H2,(H,21,22)(H,23,24). The molecule has 1 aromatic carbocycles. The normalized spacial score (nSPS) is 11.9. The van der Waals surface area contributed by atoms with Gasteiger partial charge in [0, 0.05) is 18.0 Å². The molecule has 4 N–H and O–H groups in total. The van der Waals surface area contributed by atoms with Crippen LogP contribution in [0.25, 0.3) is 0 Å². The van der Waals surface area contributed by atoms with Gasteiger partial charge in [-0.1, -0.05) is 37.8 Å². The summed E-state index contributed by atoms with van der Waals surface area (Å²) >= 11 is 5.63. The van der Waals surface area contributed by atoms with Gasteiger partial charge in [-0.3, -0.25) is 9.59 Å². The van der Waals surface area contributed by atoms with Crippen molar-refractivity contribution in [2.24, 2.45) is 5.73 Å². The molecule has 134 valence electrons. The highest BCUT2D eigenvalue weighted by Crippen LogP contribution is 2.14. The first kappa shape index (κ1) is 20.5. The van der Waals surface area contributed by atoms with E-state index in [9.17, 15) is 9.59 Å². The first-order chi connectivity index (χ1) is 11.5. The van der Waals surface area contributed by atoms with Gasteiger partial charge in [0.05, 0.1) is 0 Å². The third kappa shape index (κ3) is 8.89. The van der Waals surface area contributed by atoms with Gasteiger partial charge in [0.15, 0.2) is 0 Å². The fourth-order valence-electron chi connectivity index (χ4n) is 2.43. The Morgan fingerprint density at radius 2 is 1.79 bits per heavy atom. The monoisotopic (exact) mass is 354 g/mol. The molecule has 0 heterocycles. The Morgan fingerprint density at radius 3 is 2.46 bits per heavy atom. The van der Waals surface area contributed by atoms with Gasteiger partial charge in [-0.05, 0) is 37.0 Å². The number of carbonyl (C=O) groups excluding carboxylic acids is 1. The van der Waals surface area contributed by atoms with E-state index >= 15 is 0 Å². The summed E-state index contributed by atoms with van der Waals surface area (Å²) in [6.07, 6.45) is 7.16. The summed E-state index contributed by atoms with van der Waals surface area (Å²) < 4.78 is 0. The lowest BCUT2D eigenvalue weighted by molar-refractivity contribution is -0.138. The summed E-state index contributed by atoms with van der Waals surface area (Å²) in [5.74, 6) is -0.329. The van der Waals surface area contributed by atoms with Gasteiger partial charge in [0.1, 0.15) is 6.04 Å². The SMILES string of the molecule is NC(Cc1cccc(NC(=O)CCCCCCCCCl)c1)C(=O)O. The lowest BCUT2D eigenvalue weighted by Crippen LogP contribution is -2.32. The molecule has 24 heavy (non-hydrogen) atoms. The summed E-state index contributed by atoms with van der Waals surface area (Å²) in [5.41, 5.74) is 7.00. The van der Waals surface area contributed by atoms with E-state index < -0.39 is 12.0 Å². The van der Waals surface area contributed by atoms with Crippen molar-refractivity contribution in [2.75, 3.05) is 11.2 Å². The third-order valence-electron chi connectivity index (χ3n) is 3.77. The number of amides is 1. The molecule has 1 amide bonds. The molecule has 0 bridgehead atoms. The molecular weight excluding hydrogens is 328 g/mol. The maximum absolute atomic E-state index is 11.9. The molecule has 6 heteroatoms. The van der Waals surface area contributed by atoms with Gasteiger partial charge in [-0.25, -0.2) is 0 Å². The third-order valence-corrected chi connectivity index (χ3v) is 4.04. The Labute approximate surface area is 148 Å². The molecule has 0 spiro atoms. The minimum Gasteiger partial charge on any atom is -0.480 e. The first-order valence-corrected chi connectivity index (χ1v) is 8.99. The highest BCUT2D eigenvalue weighted by molar-refractivity contribution is 6.17. The highest BCUT2D eigenvalue weighted by atomic mass is 35.5. The molecule has 0 fully saturated rings. The summed E-state index contributed by atoms with van der Waals surface area (Å²) in [6.45, 7) is 0. The van der Waals surface area contributed by atoms with Crippen LogP contribution in [0.15, 0.2) is 24.3 Å². The zero-order valence-electron chi connectivity index (χ0n) is 14.0. The number of nitrogens with one attached hydrogen (secondary N) is 1. The second kappa shape index (κ2) is 11.9. The number of aliphatic carboxylic acids is 1. The maximum Gasteiger partial charge on any atom is 0.320 e. The Balaban J connectivity index is 2.30. The number of carboxylic acid groups (broad SMARTS) is 1. The van der Waals surface area contributed by atoms with E-state index in [0.717, 1.165) is 43.5 Å². The number of nitrogens with two attached hydrogens (primary N) is 1. The molecule has 5 nitrogen and oxygen atoms in total. The van der Waals surface area contributed by atoms with Crippen molar-refractivity contribution in [3.63, 3.8) is 0 Å². The molecule has 1 aromatic rings. The van der Waals surface area contributed by atoms with Crippen LogP contribution >= 0.6 is 11.6 Å². The van der Waals surface area contributed by atoms with Gasteiger partial charge in [0.25, 0.3) is 0 Å². The van der Waals surface area contributed by atoms with Crippen LogP contribution in [0.3, 0.4) is 0 Å². The Morgan fingerprint density at radius 1 is 1.12 bits per heavy atom. The number of benzene rings is 1. The quantitative estimate of drug-likeness (QED) is 0.395. The van der Waals surface area contributed by atoms with Crippen molar-refractivity contribution < 1.29 is 14.7 Å². The van der Waals surface area contributed by atoms with Crippen molar-refractivity contribution >= 4 is 29.2 Å². The lowest BCUT2D eigenvalue weighted by Gasteiger charge is -2.09. The van der Waals surface area contributed by atoms with Gasteiger partial charge in [0.2, 0.25) is 5.91 Å². The molecular formula is C18H27ClN2O3. The maximum atomic E-state index is 11.9. The van der Waals surface area contributed by atoms with Gasteiger partial charge >= 0.3 is 5.97 Å². The smallest absolute Gasteiger partial charge is 0.320 e. The van der Waals surface area contributed by atoms with E-state index in [1.54, 1.807) is 24.3 Å². The molecule has 0 saturated carbocycles. The molecule has 1 unspecified atom stereocenters. The predicted molar refractivity (Wildman–Crippen MR) is 97.4 cm³/mol. The average Bonchev–Trinajstić information content (AvgIpc) is 2.54. The summed E-state index contributed by atoms with van der Waals surface area (Å²) in [7, 11) is 0. The van der Waals surface area contributed by atoms with E-state index in [0.29, 0.717) is 12.1 Å². The number of carbonyl (C=O) groups is 2. The lowest BCUT2D eigenvalue weighted by atomic mass is 10.1. The van der Waals surface area contributed by atoms with E-state index in [-0.39, 0.29) is 12.3 Å². The fourth-order valence-corrected chi connectivity index (χ4v) is 2.62. The van der Waals surface area contributed by atoms with Crippen molar-refractivity contribution in [3.05, 3.63) is 29.8 Å². The largest absolute Gasteiger partial charge is 0.480 e. The van der Waals surface area contributed by atoms with Crippen molar-refractivity contribution in [1.29, 1.82) is 0 Å². The Kier molecular flexibility index (Phi) is 10.1. The summed E-state index contributed by atoms with van der Waals surface area (Å²) in [6, 6.07) is 6.22. The summed E-state index contributed by atoms with van der Waals surface area (Å²) in [5, 5.41) is 11.7. The van der Waals surface area contributed by atoms with Crippen LogP contribution in [0.5, 0.6) is 0 Å². The second-order valence-electron chi connectivity index (χ2n) is 5.96. The van der Waals surface area contributed by atoms with E-state index in [4.69, 9.17) is 22.4 Å². The van der Waals surface area contributed by atoms with E-state index in [1.807, 2.05) is 0 Å². The number of anilines is 1. The highest BCUT2D eigenvalue weighted by Gasteiger charge is 2.12. The van der Waals surface area contributed by atoms with Crippen molar-refractivity contribution in [3.8, 4) is 0 Å². The van der Waals surface area contributed by atoms with Gasteiger partial charge < -0.3 is 16.2 Å². The van der Waals surface area contributed by atoms with Crippen LogP contribution in [0.2, 0.25) is 0 Å². The minimum atomic E-state index is -1.03. The Hall–Kier alpha value is -1.59. The van der Waals surface area contributed by atoms with Crippen molar-refractivity contribution in [1.82, 2.24) is 0 Å². The molecule has 0 radical (unpaired) electrons. The molecule has 1 rings (SSSR count). The van der Waals surface area contributed by atoms with Crippen LogP contribution < -0.4 is 11.1 Å². The Bertz CT molecular complexity index is 523. The van der Waals surface area contributed by atoms with Gasteiger partial charge in [-0.2, -0.15) is 0 Å². The van der Waals surface area contributed by atoms with Crippen LogP contribution in [0, 0.1) is 0 Å². The number of hydrogen-bond donors (Lipinski definition) is 3. The molecule has 1 atom stereocenters. The molecule has 0 aliphatic heterocycles. The number of alkyl halides is 1. The summed E-state index contributed by atoms with van der Waals surface area (Å²) in [4.78, 5) is 22.7. The second-order valence-corrected chi connectivity index (χ2v) is 6.34. The van der Waals surface area contributed by atoms with Crippen LogP contribution in [-0.2, 0) is 16.0 Å². The number of unbranched alkanes of at least 4 members (excludes halogenated alkanes) is 5. The predicted octanol–water partition coefficient (Wildman–Crippen LogP) is 3.55. The number of rotatable bonds is 12. The molecule has 0 saturated heterocycles. The minimum absolute atomic E-state index is 0.0181. The van der Waals surface area contributed by atoms with Crippen molar-refractivity contribution in [2.45, 2.75) is 57.4 Å². The van der Waals surface area contributed by atoms with Crippen LogP contribution in [-0.4, -0.2) is 28.9 Å². The zero-order valence-corrected chi connectivity index (χ0v) is 14.7. The molecule has 0 aliphatic carbocycles. The molecule has 0 aromatic heterocycles. The number of carboxylic acids is 1. The van der Waals surface area contributed by atoms with E-state index in [2.05, 4.69) is 5.32 Å². The fraction of sp³-hybridized carbons (Fsp3) is 0.556. The number of halogens is 1. The van der Waals surface area contributed by atoms with Crippen LogP contribution in [0.1, 0.15) is 50.5 Å². The number of hydrogen-bond acceptors (Lipinski definition) is 3. The van der Waals surface area contributed by atoms with Crippen LogP contribution in [0.4, 0.5) is 5.69 Å². The first-order valence-electron chi connectivity index (χ1n) is 8.46. The van der Waals surface area contributed by atoms with Gasteiger partial charge in [-0.15, -0.1) is 11.6 Å². The zero-order chi connectivity index (χ0) is 17.8.